The lowest BCUT2D eigenvalue weighted by Crippen LogP contribution is -2.54. The summed E-state index contributed by atoms with van der Waals surface area (Å²) in [7, 11) is -14.3. The fraction of sp³-hybridized carbons (Fsp3) is 0.833. The zero-order valence-electron chi connectivity index (χ0n) is 24.3. The van der Waals surface area contributed by atoms with Crippen molar-refractivity contribution in [1.82, 2.24) is 0 Å². The van der Waals surface area contributed by atoms with Crippen LogP contribution in [0.15, 0.2) is 0 Å². The number of Topliss-reactive ketones (excluding diaryl/α,β-unsaturated/α-hetero) is 3. The number of ketones is 3. The molecule has 0 aliphatic carbocycles. The van der Waals surface area contributed by atoms with Crippen LogP contribution in [0, 0.1) is 0 Å². The van der Waals surface area contributed by atoms with Crippen molar-refractivity contribution in [2.75, 3.05) is 66.1 Å². The van der Waals surface area contributed by atoms with Crippen LogP contribution in [0.25, 0.3) is 0 Å². The van der Waals surface area contributed by atoms with E-state index in [9.17, 15) is 53.6 Å². The maximum Gasteiger partial charge on any atom is 0.470 e. The van der Waals surface area contributed by atoms with Gasteiger partial charge in [-0.15, -0.1) is 0 Å². The van der Waals surface area contributed by atoms with E-state index in [4.69, 9.17) is 60.0 Å². The highest BCUT2D eigenvalue weighted by molar-refractivity contribution is 7.46. The number of hydrogen-bond acceptors (Lipinski definition) is 21. The van der Waals surface area contributed by atoms with E-state index in [0.29, 0.717) is 0 Å². The molecule has 1 rings (SSSR count). The third kappa shape index (κ3) is 22.6. The summed E-state index contributed by atoms with van der Waals surface area (Å²) in [5.41, 5.74) is -4.57. The Balaban J connectivity index is -0.000000596. The third-order valence-electron chi connectivity index (χ3n) is 4.88. The van der Waals surface area contributed by atoms with Crippen LogP contribution in [0.3, 0.4) is 0 Å². The molecule has 0 radical (unpaired) electrons. The lowest BCUT2D eigenvalue weighted by atomic mass is 9.96. The van der Waals surface area contributed by atoms with E-state index in [0.717, 1.165) is 0 Å². The minimum absolute atomic E-state index is 0.546. The molecule has 17 N–H and O–H groups in total. The van der Waals surface area contributed by atoms with Gasteiger partial charge in [-0.25, -0.2) is 13.7 Å². The lowest BCUT2D eigenvalue weighted by molar-refractivity contribution is -0.236. The molecule has 1 fully saturated rings. The molecule has 0 saturated carbocycles. The number of carbonyl (C=O) groups is 3. The Morgan fingerprint density at radius 2 is 1.15 bits per heavy atom. The summed E-state index contributed by atoms with van der Waals surface area (Å²) in [6.07, 6.45) is -4.16. The standard InChI is InChI=1S/2C6H13O9P.C3H7O6P.C3H6O3/c7-1-5(9)2-14-6(10,4(5)8)3-15-16(11,12)13;7-2-6(11,3-8)5(10)4(9)1-15-16(12,13)14;4-1-3(5)2-9-10(6,7)8;4-1-3(6)2-5/h4,7-10H,1-3H2,(H2,11,12,13);5,7-8,10-11H,1-3H2,(H2,12,13,14);4H,1-2H2,(H2,6,7,8);4-5H,1-2H2. The van der Waals surface area contributed by atoms with Gasteiger partial charge in [-0.3, -0.25) is 28.0 Å². The molecule has 48 heavy (non-hydrogen) atoms. The zero-order chi connectivity index (χ0) is 38.8. The van der Waals surface area contributed by atoms with Gasteiger partial charge in [-0.05, 0) is 0 Å². The van der Waals surface area contributed by atoms with E-state index in [2.05, 4.69) is 18.3 Å². The number of phosphoric ester groups is 3. The van der Waals surface area contributed by atoms with E-state index in [1.54, 1.807) is 0 Å². The van der Waals surface area contributed by atoms with Gasteiger partial charge in [0.2, 0.25) is 5.79 Å². The van der Waals surface area contributed by atoms with Crippen molar-refractivity contribution in [1.29, 1.82) is 0 Å². The number of hydrogen-bond donors (Lipinski definition) is 17. The molecule has 0 spiro atoms. The highest BCUT2D eigenvalue weighted by Gasteiger charge is 2.57. The number of rotatable bonds is 17. The van der Waals surface area contributed by atoms with Crippen molar-refractivity contribution < 1.29 is 132 Å². The average molecular weight is 780 g/mol. The van der Waals surface area contributed by atoms with Crippen LogP contribution in [0.1, 0.15) is 0 Å². The first-order valence-corrected chi connectivity index (χ1v) is 16.6. The Morgan fingerprint density at radius 1 is 0.750 bits per heavy atom. The van der Waals surface area contributed by atoms with Crippen LogP contribution in [-0.4, -0.2) is 198 Å². The van der Waals surface area contributed by atoms with Crippen LogP contribution in [0.5, 0.6) is 0 Å². The normalized spacial score (nSPS) is 21.8. The maximum atomic E-state index is 11.1. The first kappa shape index (κ1) is 51.2. The molecule has 4 atom stereocenters. The molecule has 1 aliphatic heterocycles. The van der Waals surface area contributed by atoms with Gasteiger partial charge in [0.1, 0.15) is 63.1 Å². The van der Waals surface area contributed by atoms with E-state index in [-0.39, 0.29) is 0 Å². The molecule has 0 aromatic carbocycles. The SMILES string of the molecule is O=C(CO)CO.O=C(CO)COP(=O)(O)O.O=C(COP(=O)(O)O)C(O)C(O)(CO)CO.O=P(O)(O)OCC1(O)OCC(O)(CO)C1O. The summed E-state index contributed by atoms with van der Waals surface area (Å²) >= 11 is 0. The molecule has 0 amide bonds. The van der Waals surface area contributed by atoms with Gasteiger partial charge in [-0.2, -0.15) is 0 Å². The summed E-state index contributed by atoms with van der Waals surface area (Å²) in [6.45, 7) is -8.54. The van der Waals surface area contributed by atoms with Gasteiger partial charge in [0, 0.05) is 0 Å². The largest absolute Gasteiger partial charge is 0.470 e. The maximum absolute atomic E-state index is 11.1. The highest BCUT2D eigenvalue weighted by atomic mass is 31.2. The van der Waals surface area contributed by atoms with Crippen LogP contribution in [-0.2, 0) is 46.4 Å². The molecule has 30 heteroatoms. The van der Waals surface area contributed by atoms with Crippen LogP contribution >= 0.6 is 23.5 Å². The Bertz CT molecular complexity index is 1110. The summed E-state index contributed by atoms with van der Waals surface area (Å²) in [6, 6.07) is 0. The van der Waals surface area contributed by atoms with Gasteiger partial charge in [-0.1, -0.05) is 0 Å². The molecule has 1 saturated heterocycles. The van der Waals surface area contributed by atoms with Gasteiger partial charge in [0.05, 0.1) is 26.4 Å². The second-order valence-electron chi connectivity index (χ2n) is 8.93. The zero-order valence-corrected chi connectivity index (χ0v) is 26.9. The van der Waals surface area contributed by atoms with Crippen LogP contribution in [0.2, 0.25) is 0 Å². The number of aliphatic hydroxyl groups excluding tert-OH is 8. The molecule has 0 aromatic heterocycles. The van der Waals surface area contributed by atoms with Crippen molar-refractivity contribution >= 4 is 40.8 Å². The van der Waals surface area contributed by atoms with Gasteiger partial charge in [0.25, 0.3) is 0 Å². The van der Waals surface area contributed by atoms with Gasteiger partial charge in [0.15, 0.2) is 17.3 Å². The Labute approximate surface area is 268 Å². The minimum Gasteiger partial charge on any atom is -0.393 e. The minimum atomic E-state index is -4.87. The van der Waals surface area contributed by atoms with Crippen LogP contribution < -0.4 is 0 Å². The van der Waals surface area contributed by atoms with Crippen molar-refractivity contribution in [2.24, 2.45) is 0 Å². The smallest absolute Gasteiger partial charge is 0.393 e. The molecule has 288 valence electrons. The number of ether oxygens (including phenoxy) is 1. The van der Waals surface area contributed by atoms with E-state index < -0.39 is 136 Å². The summed E-state index contributed by atoms with van der Waals surface area (Å²) in [5.74, 6) is -5.08. The fourth-order valence-electron chi connectivity index (χ4n) is 2.26. The third-order valence-corrected chi connectivity index (χ3v) is 6.28. The van der Waals surface area contributed by atoms with Crippen molar-refractivity contribution in [3.05, 3.63) is 0 Å². The van der Waals surface area contributed by atoms with Gasteiger partial charge < -0.3 is 90.3 Å². The summed E-state index contributed by atoms with van der Waals surface area (Å²) in [5, 5.41) is 96.7. The van der Waals surface area contributed by atoms with Gasteiger partial charge >= 0.3 is 23.5 Å². The molecular formula is C18H39O27P3. The number of phosphoric acid groups is 3. The summed E-state index contributed by atoms with van der Waals surface area (Å²) in [4.78, 5) is 80.2. The Hall–Kier alpha value is -1.14. The highest BCUT2D eigenvalue weighted by Crippen LogP contribution is 2.40. The molecule has 0 aromatic rings. The van der Waals surface area contributed by atoms with Crippen molar-refractivity contribution in [3.63, 3.8) is 0 Å². The molecule has 27 nitrogen and oxygen atoms in total. The van der Waals surface area contributed by atoms with E-state index in [1.165, 1.54) is 0 Å². The monoisotopic (exact) mass is 780 g/mol. The fourth-order valence-corrected chi connectivity index (χ4v) is 3.22. The van der Waals surface area contributed by atoms with Crippen LogP contribution in [0.4, 0.5) is 0 Å². The predicted octanol–water partition coefficient (Wildman–Crippen LogP) is -9.16. The second kappa shape index (κ2) is 22.6. The van der Waals surface area contributed by atoms with E-state index >= 15 is 0 Å². The second-order valence-corrected chi connectivity index (χ2v) is 12.6. The Kier molecular flexibility index (Phi) is 24.2. The molecule has 1 aliphatic rings. The quantitative estimate of drug-likeness (QED) is 0.0609. The topological polar surface area (TPSA) is 483 Å². The average Bonchev–Trinajstić information content (AvgIpc) is 3.24. The first-order chi connectivity index (χ1) is 21.6. The molecule has 1 heterocycles. The summed E-state index contributed by atoms with van der Waals surface area (Å²) < 4.78 is 46.6. The Morgan fingerprint density at radius 3 is 1.44 bits per heavy atom. The molecule has 4 unspecified atom stereocenters. The van der Waals surface area contributed by atoms with Crippen molar-refractivity contribution in [2.45, 2.75) is 29.2 Å². The molecule has 0 bridgehead atoms. The lowest BCUT2D eigenvalue weighted by Gasteiger charge is -2.29. The van der Waals surface area contributed by atoms with Crippen molar-refractivity contribution in [3.8, 4) is 0 Å². The molecular weight excluding hydrogens is 741 g/mol. The predicted molar refractivity (Wildman–Crippen MR) is 144 cm³/mol. The number of aliphatic hydroxyl groups is 11. The first-order valence-electron chi connectivity index (χ1n) is 12.0. The number of carbonyl (C=O) groups excluding carboxylic acids is 3. The van der Waals surface area contributed by atoms with E-state index in [1.807, 2.05) is 0 Å².